The first kappa shape index (κ1) is 25.3. The van der Waals surface area contributed by atoms with E-state index in [1.165, 1.54) is 24.5 Å². The highest BCUT2D eigenvalue weighted by atomic mass is 35.5. The largest absolute Gasteiger partial charge is 0.309 e. The van der Waals surface area contributed by atoms with E-state index < -0.39 is 15.9 Å². The first-order chi connectivity index (χ1) is 14.2. The van der Waals surface area contributed by atoms with Crippen LogP contribution in [0.5, 0.6) is 0 Å². The molecule has 1 aromatic heterocycles. The molecule has 1 aliphatic heterocycles. The minimum atomic E-state index is -3.82. The molecule has 8 nitrogen and oxygen atoms in total. The van der Waals surface area contributed by atoms with Crippen LogP contribution in [0, 0.1) is 6.92 Å². The van der Waals surface area contributed by atoms with E-state index in [0.717, 1.165) is 33.6 Å². The fourth-order valence-corrected chi connectivity index (χ4v) is 5.05. The summed E-state index contributed by atoms with van der Waals surface area (Å²) >= 11 is 1.31. The molecule has 0 saturated heterocycles. The Morgan fingerprint density at radius 1 is 1.23 bits per heavy atom. The van der Waals surface area contributed by atoms with Crippen molar-refractivity contribution in [3.05, 3.63) is 46.6 Å². The van der Waals surface area contributed by atoms with E-state index in [1.807, 2.05) is 21.0 Å². The van der Waals surface area contributed by atoms with Gasteiger partial charge >= 0.3 is 5.91 Å². The first-order valence-electron chi connectivity index (χ1n) is 9.56. The Labute approximate surface area is 193 Å². The zero-order valence-corrected chi connectivity index (χ0v) is 20.4. The van der Waals surface area contributed by atoms with Crippen molar-refractivity contribution in [2.45, 2.75) is 24.7 Å². The molecule has 0 bridgehead atoms. The second-order valence-corrected chi connectivity index (χ2v) is 10.4. The molecule has 11 heteroatoms. The molecule has 1 aliphatic rings. The highest BCUT2D eigenvalue weighted by Crippen LogP contribution is 2.32. The van der Waals surface area contributed by atoms with Gasteiger partial charge in [0.1, 0.15) is 5.70 Å². The molecule has 1 aromatic carbocycles. The zero-order valence-electron chi connectivity index (χ0n) is 17.9. The fraction of sp³-hybridized carbons (Fsp3) is 0.400. The summed E-state index contributed by atoms with van der Waals surface area (Å²) in [5.74, 6) is -0.572. The molecule has 0 N–H and O–H groups in total. The molecule has 3 rings (SSSR count). The maximum Gasteiger partial charge on any atom is 0.301 e. The van der Waals surface area contributed by atoms with Crippen LogP contribution in [0.3, 0.4) is 0 Å². The van der Waals surface area contributed by atoms with Gasteiger partial charge in [-0.2, -0.15) is 5.06 Å². The summed E-state index contributed by atoms with van der Waals surface area (Å²) in [7, 11) is 1.55. The Hall–Kier alpha value is -1.98. The van der Waals surface area contributed by atoms with E-state index in [0.29, 0.717) is 17.3 Å². The van der Waals surface area contributed by atoms with E-state index in [4.69, 9.17) is 4.84 Å². The second kappa shape index (κ2) is 10.6. The van der Waals surface area contributed by atoms with Crippen LogP contribution >= 0.6 is 23.7 Å². The van der Waals surface area contributed by atoms with Gasteiger partial charge in [-0.3, -0.25) is 13.9 Å². The number of fused-ring (bicyclic) bond motifs is 1. The van der Waals surface area contributed by atoms with Crippen LogP contribution in [-0.4, -0.2) is 62.8 Å². The summed E-state index contributed by atoms with van der Waals surface area (Å²) in [5.41, 5.74) is 0.482. The number of anilines is 1. The summed E-state index contributed by atoms with van der Waals surface area (Å²) < 4.78 is 26.8. The average molecular weight is 487 g/mol. The third kappa shape index (κ3) is 5.64. The quantitative estimate of drug-likeness (QED) is 0.421. The van der Waals surface area contributed by atoms with Gasteiger partial charge in [-0.15, -0.1) is 12.4 Å². The van der Waals surface area contributed by atoms with Gasteiger partial charge in [0.05, 0.1) is 11.5 Å². The van der Waals surface area contributed by atoms with Gasteiger partial charge in [-0.05, 0) is 58.1 Å². The number of benzene rings is 1. The van der Waals surface area contributed by atoms with Crippen LogP contribution in [0.1, 0.15) is 23.3 Å². The smallest absolute Gasteiger partial charge is 0.301 e. The Morgan fingerprint density at radius 3 is 2.58 bits per heavy atom. The summed E-state index contributed by atoms with van der Waals surface area (Å²) in [4.78, 5) is 26.6. The Kier molecular flexibility index (Phi) is 8.61. The van der Waals surface area contributed by atoms with Crippen molar-refractivity contribution >= 4 is 50.9 Å². The average Bonchev–Trinajstić information content (AvgIpc) is 3.13. The highest BCUT2D eigenvalue weighted by Gasteiger charge is 2.36. The Bertz CT molecular complexity index is 1050. The maximum absolute atomic E-state index is 13.4. The van der Waals surface area contributed by atoms with E-state index in [2.05, 4.69) is 9.88 Å². The number of rotatable bonds is 8. The van der Waals surface area contributed by atoms with Crippen LogP contribution in [-0.2, 0) is 19.7 Å². The number of amides is 1. The van der Waals surface area contributed by atoms with Crippen LogP contribution in [0.4, 0.5) is 5.13 Å². The van der Waals surface area contributed by atoms with Crippen molar-refractivity contribution in [2.24, 2.45) is 0 Å². The van der Waals surface area contributed by atoms with Gasteiger partial charge in [0, 0.05) is 18.1 Å². The monoisotopic (exact) mass is 486 g/mol. The Morgan fingerprint density at radius 2 is 1.94 bits per heavy atom. The molecule has 0 atom stereocenters. The van der Waals surface area contributed by atoms with Crippen molar-refractivity contribution < 1.29 is 18.0 Å². The van der Waals surface area contributed by atoms with Crippen molar-refractivity contribution in [1.29, 1.82) is 0 Å². The number of aryl methyl sites for hydroxylation is 1. The lowest BCUT2D eigenvalue weighted by atomic mass is 10.2. The number of unbranched alkanes of at least 4 members (excludes halogenated alkanes) is 1. The summed E-state index contributed by atoms with van der Waals surface area (Å²) in [6.07, 6.45) is 4.89. The lowest BCUT2D eigenvalue weighted by Gasteiger charge is -2.29. The number of carbonyl (C=O) groups is 1. The van der Waals surface area contributed by atoms with Gasteiger partial charge in [0.2, 0.25) is 5.13 Å². The zero-order chi connectivity index (χ0) is 21.9. The lowest BCUT2D eigenvalue weighted by molar-refractivity contribution is -0.123. The minimum Gasteiger partial charge on any atom is -0.309 e. The van der Waals surface area contributed by atoms with Crippen molar-refractivity contribution in [1.82, 2.24) is 14.2 Å². The second-order valence-electron chi connectivity index (χ2n) is 7.24. The molecule has 1 amide bonds. The third-order valence-electron chi connectivity index (χ3n) is 4.60. The summed E-state index contributed by atoms with van der Waals surface area (Å²) in [6.45, 7) is 3.11. The molecular weight excluding hydrogens is 460 g/mol. The lowest BCUT2D eigenvalue weighted by Crippen LogP contribution is -2.41. The van der Waals surface area contributed by atoms with E-state index in [-0.39, 0.29) is 23.0 Å². The van der Waals surface area contributed by atoms with Crippen molar-refractivity contribution in [3.8, 4) is 0 Å². The normalized spacial score (nSPS) is 14.6. The molecular formula is C20H27ClN4O4S2. The highest BCUT2D eigenvalue weighted by molar-refractivity contribution is 7.89. The summed E-state index contributed by atoms with van der Waals surface area (Å²) in [6, 6.07) is 6.60. The topological polar surface area (TPSA) is 83.0 Å². The number of hydrogen-bond acceptors (Lipinski definition) is 7. The molecule has 0 fully saturated rings. The van der Waals surface area contributed by atoms with Gasteiger partial charge in [-0.1, -0.05) is 29.5 Å². The fourth-order valence-electron chi connectivity index (χ4n) is 2.97. The van der Waals surface area contributed by atoms with Crippen LogP contribution in [0.15, 0.2) is 41.1 Å². The number of thiazole rings is 1. The molecule has 0 aliphatic carbocycles. The molecule has 2 aromatic rings. The number of likely N-dealkylation sites (N-methyl/N-ethyl adjacent to an activating group) is 1. The standard InChI is InChI=1S/C20H26N4O4S2.ClH/c1-15-14-21-20(29-15)24(28-12-8-7-11-22(2)3)19(25)17-13-16-9-5-6-10-18(16)30(26,27)23(17)4;/h5-6,9-10,13-14H,7-8,11-12H2,1-4H3;1H. The first-order valence-corrected chi connectivity index (χ1v) is 11.8. The number of halogens is 1. The van der Waals surface area contributed by atoms with Crippen molar-refractivity contribution in [3.63, 3.8) is 0 Å². The van der Waals surface area contributed by atoms with Gasteiger partial charge in [-0.25, -0.2) is 13.4 Å². The van der Waals surface area contributed by atoms with Crippen LogP contribution < -0.4 is 5.06 Å². The van der Waals surface area contributed by atoms with Crippen molar-refractivity contribution in [2.75, 3.05) is 39.4 Å². The van der Waals surface area contributed by atoms with E-state index >= 15 is 0 Å². The minimum absolute atomic E-state index is 0. The number of sulfonamides is 1. The van der Waals surface area contributed by atoms with Gasteiger partial charge in [0.25, 0.3) is 10.0 Å². The maximum atomic E-state index is 13.4. The number of nitrogens with zero attached hydrogens (tertiary/aromatic N) is 4. The van der Waals surface area contributed by atoms with E-state index in [9.17, 15) is 13.2 Å². The molecule has 31 heavy (non-hydrogen) atoms. The molecule has 170 valence electrons. The number of hydroxylamine groups is 1. The molecule has 0 saturated carbocycles. The molecule has 2 heterocycles. The summed E-state index contributed by atoms with van der Waals surface area (Å²) in [5, 5.41) is 1.48. The van der Waals surface area contributed by atoms with Gasteiger partial charge < -0.3 is 4.90 Å². The predicted molar refractivity (Wildman–Crippen MR) is 125 cm³/mol. The molecule has 0 radical (unpaired) electrons. The van der Waals surface area contributed by atoms with E-state index in [1.54, 1.807) is 30.5 Å². The number of aromatic nitrogens is 1. The van der Waals surface area contributed by atoms with Crippen LogP contribution in [0.2, 0.25) is 0 Å². The Balaban J connectivity index is 0.00000341. The number of carbonyl (C=O) groups excluding carboxylic acids is 1. The number of hydrogen-bond donors (Lipinski definition) is 0. The third-order valence-corrected chi connectivity index (χ3v) is 7.32. The predicted octanol–water partition coefficient (Wildman–Crippen LogP) is 3.15. The molecule has 0 spiro atoms. The SMILES string of the molecule is Cc1cnc(N(OCCCCN(C)C)C(=O)C2=Cc3ccccc3S(=O)(=O)N2C)s1.Cl. The van der Waals surface area contributed by atoms with Gasteiger partial charge in [0.15, 0.2) is 0 Å². The molecule has 0 unspecified atom stereocenters. The van der Waals surface area contributed by atoms with Crippen LogP contribution in [0.25, 0.3) is 6.08 Å².